The van der Waals surface area contributed by atoms with Gasteiger partial charge in [0.25, 0.3) is 0 Å². The Morgan fingerprint density at radius 3 is 2.82 bits per heavy atom. The Bertz CT molecular complexity index is 1120. The fourth-order valence-corrected chi connectivity index (χ4v) is 5.85. The summed E-state index contributed by atoms with van der Waals surface area (Å²) in [4.78, 5) is 21.8. The molecule has 0 spiro atoms. The molecule has 0 bridgehead atoms. The molecule has 3 aliphatic rings. The van der Waals surface area contributed by atoms with E-state index in [1.165, 1.54) is 30.5 Å². The number of nitrogens with zero attached hydrogens (tertiary/aromatic N) is 7. The van der Waals surface area contributed by atoms with Crippen LogP contribution in [-0.2, 0) is 17.7 Å². The predicted octanol–water partition coefficient (Wildman–Crippen LogP) is 2.93. The zero-order chi connectivity index (χ0) is 22.9. The van der Waals surface area contributed by atoms with Crippen molar-refractivity contribution in [1.82, 2.24) is 29.2 Å². The molecule has 6 rings (SSSR count). The first-order chi connectivity index (χ1) is 16.7. The van der Waals surface area contributed by atoms with E-state index in [0.29, 0.717) is 12.1 Å². The number of ether oxygens (including phenoxy) is 1. The average molecular weight is 462 g/mol. The molecule has 180 valence electrons. The van der Waals surface area contributed by atoms with Crippen LogP contribution in [0.1, 0.15) is 48.7 Å². The number of hydrogen-bond donors (Lipinski definition) is 0. The number of imidazole rings is 1. The Hall–Kier alpha value is -2.55. The summed E-state index contributed by atoms with van der Waals surface area (Å²) in [7, 11) is 2.20. The van der Waals surface area contributed by atoms with Crippen LogP contribution < -0.4 is 4.90 Å². The third-order valence-corrected chi connectivity index (χ3v) is 7.66. The van der Waals surface area contributed by atoms with Crippen LogP contribution in [0.2, 0.25) is 0 Å². The van der Waals surface area contributed by atoms with Gasteiger partial charge in [-0.05, 0) is 56.8 Å². The molecule has 0 N–H and O–H groups in total. The van der Waals surface area contributed by atoms with Gasteiger partial charge in [0.15, 0.2) is 0 Å². The maximum atomic E-state index is 5.83. The van der Waals surface area contributed by atoms with Crippen molar-refractivity contribution in [1.29, 1.82) is 0 Å². The van der Waals surface area contributed by atoms with Gasteiger partial charge in [-0.15, -0.1) is 0 Å². The molecule has 2 fully saturated rings. The van der Waals surface area contributed by atoms with Crippen molar-refractivity contribution in [3.63, 3.8) is 0 Å². The van der Waals surface area contributed by atoms with Gasteiger partial charge in [0.2, 0.25) is 5.95 Å². The van der Waals surface area contributed by atoms with Gasteiger partial charge in [0.1, 0.15) is 5.65 Å². The Balaban J connectivity index is 1.15. The maximum Gasteiger partial charge on any atom is 0.211 e. The van der Waals surface area contributed by atoms with Crippen molar-refractivity contribution in [3.05, 3.63) is 53.7 Å². The third kappa shape index (κ3) is 4.42. The van der Waals surface area contributed by atoms with E-state index < -0.39 is 0 Å². The van der Waals surface area contributed by atoms with Crippen LogP contribution in [-0.4, -0.2) is 81.6 Å². The molecule has 2 aliphatic heterocycles. The van der Waals surface area contributed by atoms with Crippen molar-refractivity contribution < 1.29 is 4.74 Å². The summed E-state index contributed by atoms with van der Waals surface area (Å²) in [6.07, 6.45) is 12.3. The highest BCUT2D eigenvalue weighted by atomic mass is 16.5. The molecule has 34 heavy (non-hydrogen) atoms. The minimum Gasteiger partial charge on any atom is -0.377 e. The Morgan fingerprint density at radius 1 is 1.06 bits per heavy atom. The lowest BCUT2D eigenvalue weighted by Gasteiger charge is -2.36. The summed E-state index contributed by atoms with van der Waals surface area (Å²) in [5, 5.41) is 0. The molecule has 8 nitrogen and oxygen atoms in total. The number of pyridine rings is 1. The highest BCUT2D eigenvalue weighted by molar-refractivity contribution is 5.48. The summed E-state index contributed by atoms with van der Waals surface area (Å²) in [6.45, 7) is 6.86. The molecule has 3 aromatic heterocycles. The molecule has 0 saturated carbocycles. The quantitative estimate of drug-likeness (QED) is 0.559. The van der Waals surface area contributed by atoms with E-state index in [1.807, 2.05) is 18.5 Å². The predicted molar refractivity (Wildman–Crippen MR) is 132 cm³/mol. The molecular weight excluding hydrogens is 426 g/mol. The van der Waals surface area contributed by atoms with Crippen LogP contribution in [0.5, 0.6) is 0 Å². The Morgan fingerprint density at radius 2 is 1.97 bits per heavy atom. The molecule has 0 radical (unpaired) electrons. The van der Waals surface area contributed by atoms with Gasteiger partial charge in [0.05, 0.1) is 23.5 Å². The van der Waals surface area contributed by atoms with Gasteiger partial charge in [-0.1, -0.05) is 6.07 Å². The van der Waals surface area contributed by atoms with Crippen LogP contribution in [0.25, 0.3) is 5.65 Å². The molecule has 5 heterocycles. The minimum absolute atomic E-state index is 0.351. The highest BCUT2D eigenvalue weighted by Crippen LogP contribution is 2.32. The summed E-state index contributed by atoms with van der Waals surface area (Å²) in [5.41, 5.74) is 4.68. The largest absolute Gasteiger partial charge is 0.377 e. The number of hydrogen-bond acceptors (Lipinski definition) is 7. The average Bonchev–Trinajstić information content (AvgIpc) is 3.53. The van der Waals surface area contributed by atoms with E-state index in [1.54, 1.807) is 0 Å². The Labute approximate surface area is 201 Å². The zero-order valence-electron chi connectivity index (χ0n) is 20.1. The summed E-state index contributed by atoms with van der Waals surface area (Å²) < 4.78 is 8.01. The first kappa shape index (κ1) is 21.9. The molecule has 2 atom stereocenters. The maximum absolute atomic E-state index is 5.83. The number of anilines is 1. The van der Waals surface area contributed by atoms with Crippen LogP contribution >= 0.6 is 0 Å². The van der Waals surface area contributed by atoms with Crippen molar-refractivity contribution in [2.75, 3.05) is 51.3 Å². The second kappa shape index (κ2) is 9.60. The van der Waals surface area contributed by atoms with Gasteiger partial charge in [-0.25, -0.2) is 9.97 Å². The van der Waals surface area contributed by atoms with E-state index in [4.69, 9.17) is 19.7 Å². The Kier molecular flexibility index (Phi) is 6.20. The molecular formula is C26H35N7O. The van der Waals surface area contributed by atoms with E-state index in [9.17, 15) is 0 Å². The van der Waals surface area contributed by atoms with Gasteiger partial charge in [-0.3, -0.25) is 19.2 Å². The van der Waals surface area contributed by atoms with Gasteiger partial charge in [-0.2, -0.15) is 0 Å². The van der Waals surface area contributed by atoms with Crippen LogP contribution in [0, 0.1) is 0 Å². The lowest BCUT2D eigenvalue weighted by molar-refractivity contribution is 0.0711. The summed E-state index contributed by atoms with van der Waals surface area (Å²) in [6, 6.07) is 6.65. The smallest absolute Gasteiger partial charge is 0.211 e. The monoisotopic (exact) mass is 461 g/mol. The van der Waals surface area contributed by atoms with E-state index in [0.717, 1.165) is 76.0 Å². The second-order valence-electron chi connectivity index (χ2n) is 10.00. The molecule has 0 amide bonds. The molecule has 1 aliphatic carbocycles. The first-order valence-corrected chi connectivity index (χ1v) is 12.8. The van der Waals surface area contributed by atoms with Crippen LogP contribution in [0.3, 0.4) is 0 Å². The molecule has 1 unspecified atom stereocenters. The lowest BCUT2D eigenvalue weighted by atomic mass is 9.91. The zero-order valence-corrected chi connectivity index (χ0v) is 20.1. The second-order valence-corrected chi connectivity index (χ2v) is 10.00. The summed E-state index contributed by atoms with van der Waals surface area (Å²) >= 11 is 0. The number of aromatic nitrogens is 4. The SMILES string of the molecule is CN(Cc1cn2c(N3CCN(C[C@@H]4CCCO4)CC3)nccc2n1)C1CCCc2cccnc21. The van der Waals surface area contributed by atoms with E-state index in [-0.39, 0.29) is 0 Å². The van der Waals surface area contributed by atoms with E-state index >= 15 is 0 Å². The standard InChI is InChI=1S/C26H35N7O/c1-30(23-8-2-5-20-6-3-10-27-25(20)23)17-21-18-33-24(29-21)9-11-28-26(33)32-14-12-31(13-15-32)19-22-7-4-16-34-22/h3,6,9-11,18,22-23H,2,4-5,7-8,12-17,19H2,1H3/t22-,23?/m0/s1. The molecule has 0 aromatic carbocycles. The third-order valence-electron chi connectivity index (χ3n) is 7.66. The number of fused-ring (bicyclic) bond motifs is 2. The fourth-order valence-electron chi connectivity index (χ4n) is 5.85. The number of rotatable bonds is 6. The normalized spacial score (nSPS) is 23.6. The van der Waals surface area contributed by atoms with Gasteiger partial charge < -0.3 is 9.64 Å². The highest BCUT2D eigenvalue weighted by Gasteiger charge is 2.27. The van der Waals surface area contributed by atoms with Crippen LogP contribution in [0.4, 0.5) is 5.95 Å². The number of piperazine rings is 1. The molecule has 3 aromatic rings. The lowest BCUT2D eigenvalue weighted by Crippen LogP contribution is -2.49. The minimum atomic E-state index is 0.351. The topological polar surface area (TPSA) is 62.0 Å². The van der Waals surface area contributed by atoms with Crippen molar-refractivity contribution >= 4 is 11.6 Å². The van der Waals surface area contributed by atoms with E-state index in [2.05, 4.69) is 44.5 Å². The number of aryl methyl sites for hydroxylation is 1. The molecule has 8 heteroatoms. The fraction of sp³-hybridized carbons (Fsp3) is 0.577. The summed E-state index contributed by atoms with van der Waals surface area (Å²) in [5.74, 6) is 1.00. The van der Waals surface area contributed by atoms with Crippen molar-refractivity contribution in [2.24, 2.45) is 0 Å². The first-order valence-electron chi connectivity index (χ1n) is 12.8. The van der Waals surface area contributed by atoms with Crippen molar-refractivity contribution in [3.8, 4) is 0 Å². The van der Waals surface area contributed by atoms with Gasteiger partial charge in [0, 0.05) is 64.5 Å². The van der Waals surface area contributed by atoms with Crippen molar-refractivity contribution in [2.45, 2.75) is 50.8 Å². The molecule has 2 saturated heterocycles. The van der Waals surface area contributed by atoms with Gasteiger partial charge >= 0.3 is 0 Å². The van der Waals surface area contributed by atoms with Crippen LogP contribution in [0.15, 0.2) is 36.8 Å².